The van der Waals surface area contributed by atoms with Crippen LogP contribution in [0, 0.1) is 0 Å². The summed E-state index contributed by atoms with van der Waals surface area (Å²) in [5, 5.41) is 3.72. The van der Waals surface area contributed by atoms with Gasteiger partial charge in [0.2, 0.25) is 0 Å². The van der Waals surface area contributed by atoms with Crippen molar-refractivity contribution in [2.75, 3.05) is 0 Å². The van der Waals surface area contributed by atoms with E-state index in [1.165, 1.54) is 17.5 Å². The second-order valence-electron chi connectivity index (χ2n) is 5.16. The number of hydrogen-bond acceptors (Lipinski definition) is 1. The Labute approximate surface area is 109 Å². The molecule has 92 valence electrons. The van der Waals surface area contributed by atoms with Crippen LogP contribution in [-0.2, 0) is 0 Å². The first kappa shape index (κ1) is 11.5. The van der Waals surface area contributed by atoms with Crippen LogP contribution in [-0.4, -0.2) is 6.04 Å². The van der Waals surface area contributed by atoms with Crippen molar-refractivity contribution in [3.05, 3.63) is 71.8 Å². The lowest BCUT2D eigenvalue weighted by molar-refractivity contribution is 0.563. The van der Waals surface area contributed by atoms with E-state index >= 15 is 0 Å². The van der Waals surface area contributed by atoms with Crippen molar-refractivity contribution in [2.24, 2.45) is 0 Å². The van der Waals surface area contributed by atoms with Crippen LogP contribution in [0.2, 0.25) is 0 Å². The van der Waals surface area contributed by atoms with Crippen LogP contribution in [0.4, 0.5) is 0 Å². The Morgan fingerprint density at radius 2 is 1.56 bits per heavy atom. The summed E-state index contributed by atoms with van der Waals surface area (Å²) < 4.78 is 0. The molecule has 18 heavy (non-hydrogen) atoms. The van der Waals surface area contributed by atoms with Crippen LogP contribution >= 0.6 is 0 Å². The molecule has 1 fully saturated rings. The molecule has 1 aliphatic carbocycles. The fourth-order valence-electron chi connectivity index (χ4n) is 2.61. The van der Waals surface area contributed by atoms with Gasteiger partial charge in [0.05, 0.1) is 0 Å². The molecule has 3 rings (SSSR count). The lowest BCUT2D eigenvalue weighted by Crippen LogP contribution is -2.22. The number of hydrogen-bond donors (Lipinski definition) is 1. The molecule has 2 aromatic carbocycles. The van der Waals surface area contributed by atoms with Crippen molar-refractivity contribution >= 4 is 0 Å². The van der Waals surface area contributed by atoms with Crippen LogP contribution < -0.4 is 5.32 Å². The van der Waals surface area contributed by atoms with E-state index in [1.54, 1.807) is 0 Å². The van der Waals surface area contributed by atoms with E-state index in [4.69, 9.17) is 0 Å². The highest BCUT2D eigenvalue weighted by molar-refractivity contribution is 5.28. The van der Waals surface area contributed by atoms with Crippen LogP contribution in [0.15, 0.2) is 60.7 Å². The maximum Gasteiger partial charge on any atom is 0.0294 e. The molecular formula is C17H19N. The molecule has 0 saturated heterocycles. The Kier molecular flexibility index (Phi) is 3.16. The standard InChI is InChI=1S/C17H19N/c1-13(14-8-4-2-5-9-14)18-17-12-16(17)15-10-6-3-7-11-15/h2-11,13,16-18H,12H2,1H3. The monoisotopic (exact) mass is 237 g/mol. The van der Waals surface area contributed by atoms with E-state index in [9.17, 15) is 0 Å². The molecule has 0 aliphatic heterocycles. The maximum absolute atomic E-state index is 3.72. The minimum absolute atomic E-state index is 0.435. The predicted molar refractivity (Wildman–Crippen MR) is 75.6 cm³/mol. The van der Waals surface area contributed by atoms with Crippen molar-refractivity contribution < 1.29 is 0 Å². The molecule has 0 heterocycles. The molecule has 2 aromatic rings. The SMILES string of the molecule is CC(NC1CC1c1ccccc1)c1ccccc1. The van der Waals surface area contributed by atoms with Gasteiger partial charge in [0.15, 0.2) is 0 Å². The van der Waals surface area contributed by atoms with Crippen LogP contribution in [0.25, 0.3) is 0 Å². The van der Waals surface area contributed by atoms with Crippen LogP contribution in [0.3, 0.4) is 0 Å². The fraction of sp³-hybridized carbons (Fsp3) is 0.294. The Morgan fingerprint density at radius 1 is 0.944 bits per heavy atom. The number of nitrogens with one attached hydrogen (secondary N) is 1. The largest absolute Gasteiger partial charge is 0.307 e. The van der Waals surface area contributed by atoms with Crippen molar-refractivity contribution in [1.29, 1.82) is 0 Å². The molecule has 3 unspecified atom stereocenters. The van der Waals surface area contributed by atoms with Crippen molar-refractivity contribution in [2.45, 2.75) is 31.3 Å². The van der Waals surface area contributed by atoms with Crippen molar-refractivity contribution in [3.8, 4) is 0 Å². The second kappa shape index (κ2) is 4.95. The molecule has 1 heteroatoms. The lowest BCUT2D eigenvalue weighted by atomic mass is 10.1. The molecule has 3 atom stereocenters. The second-order valence-corrected chi connectivity index (χ2v) is 5.16. The zero-order chi connectivity index (χ0) is 12.4. The van der Waals surface area contributed by atoms with Crippen LogP contribution in [0.5, 0.6) is 0 Å². The first-order valence-electron chi connectivity index (χ1n) is 6.70. The molecule has 0 radical (unpaired) electrons. The van der Waals surface area contributed by atoms with Gasteiger partial charge >= 0.3 is 0 Å². The number of benzene rings is 2. The first-order chi connectivity index (χ1) is 8.84. The van der Waals surface area contributed by atoms with E-state index < -0.39 is 0 Å². The van der Waals surface area contributed by atoms with Gasteiger partial charge in [-0.3, -0.25) is 0 Å². The molecular weight excluding hydrogens is 218 g/mol. The van der Waals surface area contributed by atoms with E-state index in [0.29, 0.717) is 18.0 Å². The molecule has 1 saturated carbocycles. The molecule has 1 aliphatic rings. The molecule has 0 aromatic heterocycles. The maximum atomic E-state index is 3.72. The summed E-state index contributed by atoms with van der Waals surface area (Å²) in [4.78, 5) is 0. The molecule has 0 bridgehead atoms. The third kappa shape index (κ3) is 2.46. The summed E-state index contributed by atoms with van der Waals surface area (Å²) in [5.74, 6) is 0.706. The summed E-state index contributed by atoms with van der Waals surface area (Å²) in [6.45, 7) is 2.25. The van der Waals surface area contributed by atoms with Gasteiger partial charge < -0.3 is 5.32 Å². The smallest absolute Gasteiger partial charge is 0.0294 e. The highest BCUT2D eigenvalue weighted by atomic mass is 15.0. The quantitative estimate of drug-likeness (QED) is 0.850. The Bertz CT molecular complexity index is 492. The van der Waals surface area contributed by atoms with Gasteiger partial charge in [0, 0.05) is 18.0 Å². The van der Waals surface area contributed by atoms with Gasteiger partial charge in [-0.2, -0.15) is 0 Å². The molecule has 0 amide bonds. The van der Waals surface area contributed by atoms with E-state index in [2.05, 4.69) is 72.9 Å². The van der Waals surface area contributed by atoms with Gasteiger partial charge in [0.25, 0.3) is 0 Å². The average Bonchev–Trinajstić information content (AvgIpc) is 3.20. The highest BCUT2D eigenvalue weighted by Crippen LogP contribution is 2.41. The lowest BCUT2D eigenvalue weighted by Gasteiger charge is -2.14. The minimum Gasteiger partial charge on any atom is -0.307 e. The summed E-state index contributed by atoms with van der Waals surface area (Å²) in [5.41, 5.74) is 2.84. The first-order valence-corrected chi connectivity index (χ1v) is 6.70. The normalized spacial score (nSPS) is 23.6. The summed E-state index contributed by atoms with van der Waals surface area (Å²) in [7, 11) is 0. The van der Waals surface area contributed by atoms with E-state index in [1.807, 2.05) is 0 Å². The van der Waals surface area contributed by atoms with Gasteiger partial charge in [0.1, 0.15) is 0 Å². The van der Waals surface area contributed by atoms with Gasteiger partial charge in [-0.25, -0.2) is 0 Å². The molecule has 0 spiro atoms. The van der Waals surface area contributed by atoms with Crippen molar-refractivity contribution in [1.82, 2.24) is 5.32 Å². The molecule has 1 nitrogen and oxygen atoms in total. The van der Waals surface area contributed by atoms with Gasteiger partial charge in [-0.05, 0) is 24.5 Å². The zero-order valence-corrected chi connectivity index (χ0v) is 10.7. The van der Waals surface area contributed by atoms with Crippen molar-refractivity contribution in [3.63, 3.8) is 0 Å². The molecule has 1 N–H and O–H groups in total. The topological polar surface area (TPSA) is 12.0 Å². The Hall–Kier alpha value is -1.60. The zero-order valence-electron chi connectivity index (χ0n) is 10.7. The summed E-state index contributed by atoms with van der Waals surface area (Å²) in [6, 6.07) is 22.6. The Morgan fingerprint density at radius 3 is 2.22 bits per heavy atom. The highest BCUT2D eigenvalue weighted by Gasteiger charge is 2.38. The predicted octanol–water partition coefficient (Wildman–Crippen LogP) is 3.89. The summed E-state index contributed by atoms with van der Waals surface area (Å²) >= 11 is 0. The third-order valence-electron chi connectivity index (χ3n) is 3.78. The van der Waals surface area contributed by atoms with Crippen LogP contribution in [0.1, 0.15) is 36.4 Å². The number of rotatable bonds is 4. The summed E-state index contributed by atoms with van der Waals surface area (Å²) in [6.07, 6.45) is 1.27. The average molecular weight is 237 g/mol. The van der Waals surface area contributed by atoms with E-state index in [-0.39, 0.29) is 0 Å². The fourth-order valence-corrected chi connectivity index (χ4v) is 2.61. The minimum atomic E-state index is 0.435. The third-order valence-corrected chi connectivity index (χ3v) is 3.78. The Balaban J connectivity index is 1.60. The van der Waals surface area contributed by atoms with Gasteiger partial charge in [-0.1, -0.05) is 60.7 Å². The van der Waals surface area contributed by atoms with E-state index in [0.717, 1.165) is 0 Å². The van der Waals surface area contributed by atoms with Gasteiger partial charge in [-0.15, -0.1) is 0 Å².